The summed E-state index contributed by atoms with van der Waals surface area (Å²) >= 11 is 0. The molecule has 1 heterocycles. The monoisotopic (exact) mass is 416 g/mol. The number of methoxy groups -OCH3 is 1. The van der Waals surface area contributed by atoms with Crippen LogP contribution in [0.5, 0.6) is 11.5 Å². The highest BCUT2D eigenvalue weighted by atomic mass is 16.5. The van der Waals surface area contributed by atoms with Crippen molar-refractivity contribution in [3.8, 4) is 17.2 Å². The van der Waals surface area contributed by atoms with Crippen molar-refractivity contribution in [2.45, 2.75) is 26.4 Å². The molecule has 0 spiro atoms. The summed E-state index contributed by atoms with van der Waals surface area (Å²) in [6, 6.07) is 20.5. The minimum absolute atomic E-state index is 0.0978. The van der Waals surface area contributed by atoms with Crippen molar-refractivity contribution < 1.29 is 14.3 Å². The Bertz CT molecular complexity index is 1180. The number of anilines is 1. The number of aromatic nitrogens is 3. The maximum atomic E-state index is 12.5. The number of rotatable bonds is 7. The van der Waals surface area contributed by atoms with Gasteiger partial charge in [0.2, 0.25) is 5.91 Å². The Morgan fingerprint density at radius 1 is 0.935 bits per heavy atom. The molecule has 0 saturated heterocycles. The lowest BCUT2D eigenvalue weighted by Gasteiger charge is -2.10. The van der Waals surface area contributed by atoms with E-state index in [0.717, 1.165) is 28.3 Å². The maximum absolute atomic E-state index is 12.5. The van der Waals surface area contributed by atoms with Crippen LogP contribution in [0, 0.1) is 0 Å². The summed E-state index contributed by atoms with van der Waals surface area (Å²) in [5.41, 5.74) is 3.87. The maximum Gasteiger partial charge on any atom is 0.228 e. The normalized spacial score (nSPS) is 11.0. The molecule has 0 aliphatic carbocycles. The number of nitrogens with zero attached hydrogens (tertiary/aromatic N) is 3. The van der Waals surface area contributed by atoms with Crippen LogP contribution in [0.25, 0.3) is 16.7 Å². The van der Waals surface area contributed by atoms with Crippen LogP contribution in [0.4, 0.5) is 5.69 Å². The number of fused-ring (bicyclic) bond motifs is 1. The van der Waals surface area contributed by atoms with Gasteiger partial charge in [-0.2, -0.15) is 4.80 Å². The fourth-order valence-electron chi connectivity index (χ4n) is 3.17. The van der Waals surface area contributed by atoms with E-state index in [0.29, 0.717) is 11.2 Å². The largest absolute Gasteiger partial charge is 0.497 e. The molecule has 4 aromatic rings. The summed E-state index contributed by atoms with van der Waals surface area (Å²) in [7, 11) is 1.63. The third-order valence-electron chi connectivity index (χ3n) is 4.63. The molecule has 7 nitrogen and oxygen atoms in total. The first-order chi connectivity index (χ1) is 15.0. The minimum Gasteiger partial charge on any atom is -0.497 e. The second-order valence-corrected chi connectivity index (χ2v) is 7.43. The molecular weight excluding hydrogens is 392 g/mol. The van der Waals surface area contributed by atoms with Crippen molar-refractivity contribution in [1.82, 2.24) is 15.0 Å². The molecule has 1 N–H and O–H groups in total. The first kappa shape index (κ1) is 20.4. The quantitative estimate of drug-likeness (QED) is 0.483. The molecular formula is C24H24N4O3. The van der Waals surface area contributed by atoms with Gasteiger partial charge in [-0.3, -0.25) is 4.79 Å². The fraction of sp³-hybridized carbons (Fsp3) is 0.208. The molecule has 0 aliphatic rings. The van der Waals surface area contributed by atoms with E-state index in [1.165, 1.54) is 0 Å². The molecule has 0 aliphatic heterocycles. The van der Waals surface area contributed by atoms with E-state index >= 15 is 0 Å². The first-order valence-electron chi connectivity index (χ1n) is 10.1. The Hall–Kier alpha value is -3.87. The van der Waals surface area contributed by atoms with Crippen LogP contribution >= 0.6 is 0 Å². The molecule has 0 bridgehead atoms. The van der Waals surface area contributed by atoms with Crippen molar-refractivity contribution in [3.05, 3.63) is 72.3 Å². The number of benzene rings is 3. The Balaban J connectivity index is 1.43. The van der Waals surface area contributed by atoms with Crippen molar-refractivity contribution in [2.24, 2.45) is 0 Å². The van der Waals surface area contributed by atoms with Crippen LogP contribution in [0.3, 0.4) is 0 Å². The second kappa shape index (κ2) is 8.87. The number of carbonyl (C=O) groups is 1. The van der Waals surface area contributed by atoms with Crippen LogP contribution in [0.2, 0.25) is 0 Å². The summed E-state index contributed by atoms with van der Waals surface area (Å²) in [5, 5.41) is 11.9. The second-order valence-electron chi connectivity index (χ2n) is 7.43. The number of ether oxygens (including phenoxy) is 2. The number of nitrogens with one attached hydrogen (secondary N) is 1. The molecule has 3 aromatic carbocycles. The van der Waals surface area contributed by atoms with E-state index in [2.05, 4.69) is 15.5 Å². The molecule has 31 heavy (non-hydrogen) atoms. The molecule has 0 radical (unpaired) electrons. The Labute approximate surface area is 180 Å². The lowest BCUT2D eigenvalue weighted by atomic mass is 10.1. The van der Waals surface area contributed by atoms with Gasteiger partial charge in [0.15, 0.2) is 0 Å². The summed E-state index contributed by atoms with van der Waals surface area (Å²) in [4.78, 5) is 14.0. The fourth-order valence-corrected chi connectivity index (χ4v) is 3.17. The Morgan fingerprint density at radius 3 is 2.29 bits per heavy atom. The zero-order chi connectivity index (χ0) is 21.8. The Morgan fingerprint density at radius 2 is 1.61 bits per heavy atom. The highest BCUT2D eigenvalue weighted by molar-refractivity contribution is 5.94. The smallest absolute Gasteiger partial charge is 0.228 e. The molecule has 0 fully saturated rings. The van der Waals surface area contributed by atoms with E-state index in [9.17, 15) is 4.79 Å². The van der Waals surface area contributed by atoms with E-state index in [1.54, 1.807) is 11.9 Å². The number of amides is 1. The average Bonchev–Trinajstić information content (AvgIpc) is 3.18. The van der Waals surface area contributed by atoms with Gasteiger partial charge in [0.25, 0.3) is 0 Å². The van der Waals surface area contributed by atoms with E-state index in [-0.39, 0.29) is 18.4 Å². The van der Waals surface area contributed by atoms with Gasteiger partial charge in [0.05, 0.1) is 25.3 Å². The standard InChI is InChI=1S/C24H24N4O3/c1-16(2)31-21-9-4-17(5-10-21)14-24(29)25-18-6-13-22-23(15-18)27-28(26-22)19-7-11-20(30-3)12-8-19/h4-13,15-16H,14H2,1-3H3,(H,25,29). The summed E-state index contributed by atoms with van der Waals surface area (Å²) in [6.07, 6.45) is 0.394. The highest BCUT2D eigenvalue weighted by Gasteiger charge is 2.09. The first-order valence-corrected chi connectivity index (χ1v) is 10.1. The lowest BCUT2D eigenvalue weighted by Crippen LogP contribution is -2.14. The van der Waals surface area contributed by atoms with E-state index in [1.807, 2.05) is 80.6 Å². The van der Waals surface area contributed by atoms with Crippen LogP contribution in [0.15, 0.2) is 66.7 Å². The van der Waals surface area contributed by atoms with Crippen LogP contribution < -0.4 is 14.8 Å². The van der Waals surface area contributed by atoms with Crippen molar-refractivity contribution in [2.75, 3.05) is 12.4 Å². The van der Waals surface area contributed by atoms with Crippen LogP contribution in [-0.4, -0.2) is 34.1 Å². The zero-order valence-corrected chi connectivity index (χ0v) is 17.7. The van der Waals surface area contributed by atoms with Gasteiger partial charge in [-0.15, -0.1) is 10.2 Å². The summed E-state index contributed by atoms with van der Waals surface area (Å²) in [5.74, 6) is 1.47. The summed E-state index contributed by atoms with van der Waals surface area (Å²) in [6.45, 7) is 3.96. The number of hydrogen-bond donors (Lipinski definition) is 1. The zero-order valence-electron chi connectivity index (χ0n) is 17.7. The van der Waals surface area contributed by atoms with Crippen molar-refractivity contribution in [3.63, 3.8) is 0 Å². The van der Waals surface area contributed by atoms with Crippen molar-refractivity contribution >= 4 is 22.6 Å². The molecule has 0 saturated carbocycles. The topological polar surface area (TPSA) is 78.3 Å². The molecule has 158 valence electrons. The van der Waals surface area contributed by atoms with Crippen molar-refractivity contribution in [1.29, 1.82) is 0 Å². The predicted molar refractivity (Wildman–Crippen MR) is 120 cm³/mol. The predicted octanol–water partition coefficient (Wildman–Crippen LogP) is 4.40. The van der Waals surface area contributed by atoms with Gasteiger partial charge in [-0.1, -0.05) is 12.1 Å². The van der Waals surface area contributed by atoms with Gasteiger partial charge >= 0.3 is 0 Å². The molecule has 7 heteroatoms. The average molecular weight is 416 g/mol. The van der Waals surface area contributed by atoms with E-state index in [4.69, 9.17) is 9.47 Å². The molecule has 1 amide bonds. The minimum atomic E-state index is -0.0978. The molecule has 0 atom stereocenters. The third-order valence-corrected chi connectivity index (χ3v) is 4.63. The summed E-state index contributed by atoms with van der Waals surface area (Å²) < 4.78 is 10.8. The number of hydrogen-bond acceptors (Lipinski definition) is 5. The Kier molecular flexibility index (Phi) is 5.84. The van der Waals surface area contributed by atoms with Crippen LogP contribution in [-0.2, 0) is 11.2 Å². The highest BCUT2D eigenvalue weighted by Crippen LogP contribution is 2.20. The lowest BCUT2D eigenvalue weighted by molar-refractivity contribution is -0.115. The number of carbonyl (C=O) groups excluding carboxylic acids is 1. The van der Waals surface area contributed by atoms with Gasteiger partial charge in [0, 0.05) is 5.69 Å². The molecule has 1 aromatic heterocycles. The van der Waals surface area contributed by atoms with Crippen LogP contribution in [0.1, 0.15) is 19.4 Å². The van der Waals surface area contributed by atoms with Gasteiger partial charge < -0.3 is 14.8 Å². The van der Waals surface area contributed by atoms with Gasteiger partial charge in [-0.25, -0.2) is 0 Å². The molecule has 0 unspecified atom stereocenters. The van der Waals surface area contributed by atoms with Gasteiger partial charge in [0.1, 0.15) is 22.5 Å². The molecule has 4 rings (SSSR count). The van der Waals surface area contributed by atoms with E-state index < -0.39 is 0 Å². The van der Waals surface area contributed by atoms with Gasteiger partial charge in [-0.05, 0) is 74.0 Å². The third kappa shape index (κ3) is 5.01. The SMILES string of the molecule is COc1ccc(-n2nc3ccc(NC(=O)Cc4ccc(OC(C)C)cc4)cc3n2)cc1.